The van der Waals surface area contributed by atoms with E-state index < -0.39 is 11.9 Å². The van der Waals surface area contributed by atoms with Gasteiger partial charge in [0.2, 0.25) is 11.8 Å². The molecule has 4 atom stereocenters. The maximum absolute atomic E-state index is 13.7. The predicted octanol–water partition coefficient (Wildman–Crippen LogP) is 14.6. The number of carbonyl (C=O) groups excluding carboxylic acids is 2. The zero-order valence-corrected chi connectivity index (χ0v) is 47.8. The first-order valence-electron chi connectivity index (χ1n) is 26.4. The fourth-order valence-electron chi connectivity index (χ4n) is 8.80. The van der Waals surface area contributed by atoms with Crippen LogP contribution in [-0.2, 0) is 51.2 Å². The molecular formula is C62H73F2IN2O10. The largest absolute Gasteiger partial charge is 0.463 e. The van der Waals surface area contributed by atoms with Crippen LogP contribution >= 0.6 is 22.6 Å². The van der Waals surface area contributed by atoms with Crippen molar-refractivity contribution in [1.29, 1.82) is 0 Å². The minimum atomic E-state index is -0.427. The summed E-state index contributed by atoms with van der Waals surface area (Å²) in [5.41, 5.74) is 8.57. The summed E-state index contributed by atoms with van der Waals surface area (Å²) >= 11 is 2.16. The number of hydrogen-bond acceptors (Lipinski definition) is 12. The number of oxazole rings is 2. The standard InChI is InChI=1S/C31H36FNO5.C24H31NO5.C7H6FI/c1-5-35-31(34)25(16-23-12-13-28(32)21(3)15-23)18-36-26-10-7-11-27(17-26)37-19-29-22(4)38-30(33-29)24-9-6-8-20(2)14-24;1-5-27-24(26)17(3)14-28-20-10-7-11-21(13-20)29-15-22-18(4)30-23(25-22)19-9-6-8-16(2)12-19;1-5-4-6(9)2-3-7(5)8/h6,8-9,12-16,26-27H,5,7,10-11,17-19H2,1-4H3;6,8-9,12,20-21H,3,5,7,10-11,13-15H2,1-2,4H3;2-4H,1H3/b25-16-;;/t26-,27+;20-,21+;/m11./s1. The van der Waals surface area contributed by atoms with Gasteiger partial charge in [-0.3, -0.25) is 0 Å². The summed E-state index contributed by atoms with van der Waals surface area (Å²) in [4.78, 5) is 33.5. The van der Waals surface area contributed by atoms with Gasteiger partial charge in [0.25, 0.3) is 0 Å². The zero-order chi connectivity index (χ0) is 55.4. The lowest BCUT2D eigenvalue weighted by molar-refractivity contribution is -0.140. The molecule has 0 bridgehead atoms. The Bertz CT molecular complexity index is 2930. The van der Waals surface area contributed by atoms with Crippen LogP contribution in [0.3, 0.4) is 0 Å². The van der Waals surface area contributed by atoms with Crippen LogP contribution in [0.2, 0.25) is 0 Å². The van der Waals surface area contributed by atoms with Gasteiger partial charge in [0.15, 0.2) is 0 Å². The first-order valence-corrected chi connectivity index (χ1v) is 27.5. The number of halogens is 3. The predicted molar refractivity (Wildman–Crippen MR) is 302 cm³/mol. The molecule has 15 heteroatoms. The van der Waals surface area contributed by atoms with Gasteiger partial charge in [-0.15, -0.1) is 0 Å². The molecule has 77 heavy (non-hydrogen) atoms. The van der Waals surface area contributed by atoms with E-state index in [0.717, 1.165) is 100 Å². The average Bonchev–Trinajstić information content (AvgIpc) is 3.99. The van der Waals surface area contributed by atoms with E-state index in [-0.39, 0.29) is 55.9 Å². The Labute approximate surface area is 466 Å². The van der Waals surface area contributed by atoms with Gasteiger partial charge in [0.05, 0.1) is 75.2 Å². The summed E-state index contributed by atoms with van der Waals surface area (Å²) in [6, 6.07) is 26.0. The Morgan fingerprint density at radius 3 is 1.56 bits per heavy atom. The summed E-state index contributed by atoms with van der Waals surface area (Å²) in [6.45, 7) is 20.4. The Balaban J connectivity index is 0.000000218. The number of esters is 2. The number of hydrogen-bond donors (Lipinski definition) is 0. The van der Waals surface area contributed by atoms with Crippen LogP contribution in [0.1, 0.15) is 116 Å². The van der Waals surface area contributed by atoms with Crippen molar-refractivity contribution >= 4 is 40.6 Å². The molecule has 2 saturated carbocycles. The maximum atomic E-state index is 13.7. The van der Waals surface area contributed by atoms with E-state index in [1.54, 1.807) is 52.0 Å². The third-order valence-corrected chi connectivity index (χ3v) is 13.8. The fourth-order valence-corrected chi connectivity index (χ4v) is 9.45. The van der Waals surface area contributed by atoms with Crippen molar-refractivity contribution in [2.45, 2.75) is 144 Å². The van der Waals surface area contributed by atoms with Crippen LogP contribution < -0.4 is 0 Å². The number of aryl methyl sites for hydroxylation is 6. The third-order valence-electron chi connectivity index (χ3n) is 13.1. The quantitative estimate of drug-likeness (QED) is 0.0433. The van der Waals surface area contributed by atoms with Crippen LogP contribution in [0.5, 0.6) is 0 Å². The molecule has 0 aliphatic heterocycles. The van der Waals surface area contributed by atoms with E-state index in [1.807, 2.05) is 70.2 Å². The van der Waals surface area contributed by atoms with Crippen molar-refractivity contribution in [3.63, 3.8) is 0 Å². The van der Waals surface area contributed by atoms with Gasteiger partial charge in [-0.05, 0) is 207 Å². The summed E-state index contributed by atoms with van der Waals surface area (Å²) in [5, 5.41) is 0. The molecule has 412 valence electrons. The van der Waals surface area contributed by atoms with Gasteiger partial charge in [-0.1, -0.05) is 48.0 Å². The summed E-state index contributed by atoms with van der Waals surface area (Å²) < 4.78 is 73.6. The van der Waals surface area contributed by atoms with Crippen molar-refractivity contribution in [2.75, 3.05) is 26.4 Å². The van der Waals surface area contributed by atoms with E-state index in [1.165, 1.54) is 17.7 Å². The minimum absolute atomic E-state index is 0.0297. The van der Waals surface area contributed by atoms with Crippen LogP contribution in [0.4, 0.5) is 8.78 Å². The van der Waals surface area contributed by atoms with E-state index in [4.69, 9.17) is 37.3 Å². The lowest BCUT2D eigenvalue weighted by atomic mass is 9.94. The second-order valence-corrected chi connectivity index (χ2v) is 20.7. The molecule has 0 spiro atoms. The summed E-state index contributed by atoms with van der Waals surface area (Å²) in [6.07, 6.45) is 9.13. The van der Waals surface area contributed by atoms with Gasteiger partial charge in [0, 0.05) is 14.7 Å². The second-order valence-electron chi connectivity index (χ2n) is 19.5. The molecule has 6 aromatic rings. The first kappa shape index (κ1) is 60.4. The van der Waals surface area contributed by atoms with Crippen molar-refractivity contribution in [1.82, 2.24) is 9.97 Å². The van der Waals surface area contributed by atoms with Gasteiger partial charge in [-0.25, -0.2) is 28.3 Å². The minimum Gasteiger partial charge on any atom is -0.463 e. The molecule has 4 aromatic carbocycles. The molecule has 0 radical (unpaired) electrons. The molecular weight excluding hydrogens is 1100 g/mol. The average molecular weight is 1170 g/mol. The molecule has 2 aliphatic carbocycles. The number of nitrogens with zero attached hydrogens (tertiary/aromatic N) is 2. The maximum Gasteiger partial charge on any atom is 0.336 e. The lowest BCUT2D eigenvalue weighted by Crippen LogP contribution is -2.29. The molecule has 12 nitrogen and oxygen atoms in total. The third kappa shape index (κ3) is 19.2. The fraction of sp³-hybridized carbons (Fsp3) is 0.419. The first-order chi connectivity index (χ1) is 37.0. The molecule has 0 amide bonds. The van der Waals surface area contributed by atoms with Crippen LogP contribution in [0.25, 0.3) is 29.0 Å². The molecule has 0 N–H and O–H groups in total. The van der Waals surface area contributed by atoms with E-state index in [2.05, 4.69) is 51.3 Å². The summed E-state index contributed by atoms with van der Waals surface area (Å²) in [5.74, 6) is 1.52. The highest BCUT2D eigenvalue weighted by Crippen LogP contribution is 2.30. The highest BCUT2D eigenvalue weighted by molar-refractivity contribution is 14.1. The smallest absolute Gasteiger partial charge is 0.336 e. The molecule has 0 saturated heterocycles. The van der Waals surface area contributed by atoms with Gasteiger partial charge in [-0.2, -0.15) is 0 Å². The van der Waals surface area contributed by atoms with Crippen LogP contribution in [0, 0.1) is 56.7 Å². The number of benzene rings is 4. The monoisotopic (exact) mass is 1170 g/mol. The highest BCUT2D eigenvalue weighted by Gasteiger charge is 2.27. The molecule has 8 rings (SSSR count). The Morgan fingerprint density at radius 1 is 0.623 bits per heavy atom. The van der Waals surface area contributed by atoms with E-state index in [0.29, 0.717) is 53.9 Å². The van der Waals surface area contributed by atoms with Crippen molar-refractivity contribution in [3.8, 4) is 22.9 Å². The second kappa shape index (κ2) is 30.3. The van der Waals surface area contributed by atoms with E-state index >= 15 is 0 Å². The van der Waals surface area contributed by atoms with Gasteiger partial charge < -0.3 is 37.3 Å². The Kier molecular flexibility index (Phi) is 23.8. The Hall–Kier alpha value is -5.85. The van der Waals surface area contributed by atoms with Crippen molar-refractivity contribution < 1.29 is 55.6 Å². The van der Waals surface area contributed by atoms with Crippen molar-refractivity contribution in [2.24, 2.45) is 0 Å². The lowest BCUT2D eigenvalue weighted by Gasteiger charge is -2.29. The van der Waals surface area contributed by atoms with Crippen LogP contribution in [0.15, 0.2) is 111 Å². The zero-order valence-electron chi connectivity index (χ0n) is 45.7. The molecule has 0 unspecified atom stereocenters. The topological polar surface area (TPSA) is 142 Å². The van der Waals surface area contributed by atoms with Crippen LogP contribution in [-0.4, -0.2) is 72.7 Å². The summed E-state index contributed by atoms with van der Waals surface area (Å²) in [7, 11) is 0. The van der Waals surface area contributed by atoms with E-state index in [9.17, 15) is 18.4 Å². The normalized spacial score (nSPS) is 17.4. The van der Waals surface area contributed by atoms with Gasteiger partial charge >= 0.3 is 11.9 Å². The van der Waals surface area contributed by atoms with Gasteiger partial charge in [0.1, 0.15) is 34.5 Å². The molecule has 2 heterocycles. The molecule has 2 aliphatic rings. The number of ether oxygens (including phenoxy) is 6. The van der Waals surface area contributed by atoms with Crippen molar-refractivity contribution in [3.05, 3.63) is 169 Å². The number of carbonyl (C=O) groups is 2. The number of aromatic nitrogens is 2. The Morgan fingerprint density at radius 2 is 1.09 bits per heavy atom. The molecule has 2 aromatic heterocycles. The molecule has 2 fully saturated rings. The SMILES string of the molecule is C=C(CO[C@@H]1CCC[C@H](OCc2nc(-c3cccc(C)c3)oc2C)C1)C(=O)OCC.CCOC(=O)/C(=C\c1ccc(F)c(C)c1)CO[C@@H]1CCC[C@H](OCc2nc(-c3cccc(C)c3)oc2C)C1.Cc1cc(I)ccc1F. The highest BCUT2D eigenvalue weighted by atomic mass is 127. The number of rotatable bonds is 19.